The number of esters is 1. The van der Waals surface area contributed by atoms with E-state index < -0.39 is 36.1 Å². The van der Waals surface area contributed by atoms with Crippen LogP contribution in [0.2, 0.25) is 0 Å². The van der Waals surface area contributed by atoms with Crippen LogP contribution in [0.15, 0.2) is 72.8 Å². The first-order chi connectivity index (χ1) is 22.4. The Labute approximate surface area is 271 Å². The van der Waals surface area contributed by atoms with Gasteiger partial charge in [-0.15, -0.1) is 0 Å². The Balaban J connectivity index is 1.42. The third-order valence-electron chi connectivity index (χ3n) is 8.58. The lowest BCUT2D eigenvalue weighted by Crippen LogP contribution is -2.47. The van der Waals surface area contributed by atoms with Crippen molar-refractivity contribution in [2.75, 3.05) is 13.2 Å². The van der Waals surface area contributed by atoms with Gasteiger partial charge in [-0.05, 0) is 42.7 Å². The smallest absolute Gasteiger partial charge is 0.408 e. The highest BCUT2D eigenvalue weighted by molar-refractivity contribution is 5.86. The summed E-state index contributed by atoms with van der Waals surface area (Å²) in [5.74, 6) is -1.48. The van der Waals surface area contributed by atoms with E-state index in [1.807, 2.05) is 60.7 Å². The maximum absolute atomic E-state index is 13.6. The Bertz CT molecular complexity index is 1280. The molecule has 3 amide bonds. The molecule has 10 heteroatoms. The highest BCUT2D eigenvalue weighted by Gasteiger charge is 2.29. The van der Waals surface area contributed by atoms with Crippen molar-refractivity contribution in [2.45, 2.75) is 88.9 Å². The number of aliphatic hydroxyl groups is 1. The Morgan fingerprint density at radius 3 is 2.30 bits per heavy atom. The molecule has 1 heterocycles. The molecule has 0 spiro atoms. The number of nitrogens with one attached hydrogen (secondary N) is 3. The minimum absolute atomic E-state index is 0.0371. The topological polar surface area (TPSA) is 143 Å². The van der Waals surface area contributed by atoms with Crippen LogP contribution in [0.3, 0.4) is 0 Å². The van der Waals surface area contributed by atoms with Gasteiger partial charge in [-0.25, -0.2) is 9.59 Å². The van der Waals surface area contributed by atoms with Gasteiger partial charge in [0.1, 0.15) is 19.3 Å². The maximum atomic E-state index is 13.6. The summed E-state index contributed by atoms with van der Waals surface area (Å²) in [4.78, 5) is 52.4. The van der Waals surface area contributed by atoms with Gasteiger partial charge in [0.2, 0.25) is 11.8 Å². The van der Waals surface area contributed by atoms with Crippen LogP contribution in [0, 0.1) is 11.8 Å². The molecular formula is C36H47N3O7. The number of rotatable bonds is 11. The molecule has 1 fully saturated rings. The molecule has 4 unspecified atom stereocenters. The summed E-state index contributed by atoms with van der Waals surface area (Å²) in [6.07, 6.45) is 9.74. The number of carbonyl (C=O) groups excluding carboxylic acids is 4. The Morgan fingerprint density at radius 2 is 1.61 bits per heavy atom. The Morgan fingerprint density at radius 1 is 0.935 bits per heavy atom. The Kier molecular flexibility index (Phi) is 14.1. The summed E-state index contributed by atoms with van der Waals surface area (Å²) >= 11 is 0. The normalized spacial score (nSPS) is 21.9. The van der Waals surface area contributed by atoms with Crippen molar-refractivity contribution in [2.24, 2.45) is 11.8 Å². The average Bonchev–Trinajstić information content (AvgIpc) is 3.07. The molecule has 4 N–H and O–H groups in total. The number of amides is 3. The number of ether oxygens (including phenoxy) is 2. The highest BCUT2D eigenvalue weighted by atomic mass is 16.6. The lowest BCUT2D eigenvalue weighted by atomic mass is 9.84. The van der Waals surface area contributed by atoms with E-state index in [0.29, 0.717) is 18.8 Å². The predicted octanol–water partition coefficient (Wildman–Crippen LogP) is 4.36. The number of carbonyl (C=O) groups is 4. The molecule has 1 saturated carbocycles. The van der Waals surface area contributed by atoms with Gasteiger partial charge in [0.15, 0.2) is 0 Å². The number of hydrogen-bond acceptors (Lipinski definition) is 7. The molecule has 1 aliphatic carbocycles. The van der Waals surface area contributed by atoms with Crippen LogP contribution in [0.25, 0.3) is 0 Å². The van der Waals surface area contributed by atoms with E-state index in [9.17, 15) is 24.3 Å². The van der Waals surface area contributed by atoms with Crippen molar-refractivity contribution >= 4 is 23.9 Å². The second-order valence-electron chi connectivity index (χ2n) is 12.3. The van der Waals surface area contributed by atoms with Gasteiger partial charge in [0, 0.05) is 6.42 Å². The number of aliphatic hydroxyl groups excluding tert-OH is 1. The fraction of sp³-hybridized carbons (Fsp3) is 0.500. The van der Waals surface area contributed by atoms with Crippen LogP contribution >= 0.6 is 0 Å². The first-order valence-electron chi connectivity index (χ1n) is 16.4. The number of cyclic esters (lactones) is 1. The first kappa shape index (κ1) is 34.7. The summed E-state index contributed by atoms with van der Waals surface area (Å²) in [5.41, 5.74) is 1.81. The number of benzene rings is 2. The van der Waals surface area contributed by atoms with E-state index in [0.717, 1.165) is 36.8 Å². The molecule has 4 atom stereocenters. The van der Waals surface area contributed by atoms with Crippen molar-refractivity contribution in [1.29, 1.82) is 0 Å². The molecule has 0 bridgehead atoms. The van der Waals surface area contributed by atoms with Gasteiger partial charge >= 0.3 is 12.1 Å². The zero-order chi connectivity index (χ0) is 32.6. The number of hydrogen-bond donors (Lipinski definition) is 4. The minimum Gasteiger partial charge on any atom is -0.462 e. The zero-order valence-electron chi connectivity index (χ0n) is 26.4. The van der Waals surface area contributed by atoms with Gasteiger partial charge in [-0.1, -0.05) is 105 Å². The first-order valence-corrected chi connectivity index (χ1v) is 16.4. The SMILES string of the molecule is O=C(CC1CC=CCC(NC(=O)OCc2ccccc2)C(=O)OCC(CC2CCCCC2)NC1=O)NC(CO)Cc1ccccc1. The average molecular weight is 634 g/mol. The minimum atomic E-state index is -0.977. The van der Waals surface area contributed by atoms with Crippen LogP contribution in [-0.2, 0) is 36.9 Å². The van der Waals surface area contributed by atoms with Gasteiger partial charge in [0.25, 0.3) is 0 Å². The van der Waals surface area contributed by atoms with Crippen molar-refractivity contribution in [3.8, 4) is 0 Å². The van der Waals surface area contributed by atoms with Crippen molar-refractivity contribution < 1.29 is 33.8 Å². The lowest BCUT2D eigenvalue weighted by molar-refractivity contribution is -0.147. The van der Waals surface area contributed by atoms with E-state index in [-0.39, 0.29) is 50.9 Å². The van der Waals surface area contributed by atoms with Crippen LogP contribution in [0.1, 0.15) is 68.9 Å². The quantitative estimate of drug-likeness (QED) is 0.213. The summed E-state index contributed by atoms with van der Waals surface area (Å²) in [6, 6.07) is 16.9. The van der Waals surface area contributed by atoms with Crippen LogP contribution in [0.4, 0.5) is 4.79 Å². The molecule has 46 heavy (non-hydrogen) atoms. The van der Waals surface area contributed by atoms with E-state index in [1.165, 1.54) is 6.42 Å². The second kappa shape index (κ2) is 18.7. The summed E-state index contributed by atoms with van der Waals surface area (Å²) in [7, 11) is 0. The molecule has 2 aromatic carbocycles. The molecule has 10 nitrogen and oxygen atoms in total. The van der Waals surface area contributed by atoms with Gasteiger partial charge < -0.3 is 30.5 Å². The lowest BCUT2D eigenvalue weighted by Gasteiger charge is -2.29. The standard InChI is InChI=1S/C36H47N3O7/c40-23-30(20-26-12-4-1-5-13-26)37-33(41)22-29-18-10-11-19-32(39-36(44)46-24-28-16-8-3-9-17-28)35(43)45-25-31(38-34(29)42)21-27-14-6-2-7-15-27/h1,3-5,8-13,16-17,27,29-32,40H,2,6-7,14-15,18-25H2,(H,37,41)(H,38,42)(H,39,44). The van der Waals surface area contributed by atoms with Crippen LogP contribution in [-0.4, -0.2) is 60.3 Å². The molecule has 0 radical (unpaired) electrons. The predicted molar refractivity (Wildman–Crippen MR) is 173 cm³/mol. The van der Waals surface area contributed by atoms with E-state index >= 15 is 0 Å². The third-order valence-corrected chi connectivity index (χ3v) is 8.58. The molecule has 2 aliphatic rings. The molecular weight excluding hydrogens is 586 g/mol. The number of allylic oxidation sites excluding steroid dienone is 1. The van der Waals surface area contributed by atoms with Crippen molar-refractivity contribution in [3.63, 3.8) is 0 Å². The Hall–Kier alpha value is -4.18. The molecule has 1 aliphatic heterocycles. The van der Waals surface area contributed by atoms with Gasteiger partial charge in [-0.2, -0.15) is 0 Å². The summed E-state index contributed by atoms with van der Waals surface area (Å²) < 4.78 is 11.0. The van der Waals surface area contributed by atoms with E-state index in [1.54, 1.807) is 12.2 Å². The van der Waals surface area contributed by atoms with Crippen LogP contribution < -0.4 is 16.0 Å². The summed E-state index contributed by atoms with van der Waals surface area (Å²) in [6.45, 7) is -0.203. The largest absolute Gasteiger partial charge is 0.462 e. The van der Waals surface area contributed by atoms with Gasteiger partial charge in [0.05, 0.1) is 24.6 Å². The molecule has 0 saturated heterocycles. The molecule has 0 aromatic heterocycles. The van der Waals surface area contributed by atoms with Gasteiger partial charge in [-0.3, -0.25) is 9.59 Å². The highest BCUT2D eigenvalue weighted by Crippen LogP contribution is 2.28. The monoisotopic (exact) mass is 633 g/mol. The zero-order valence-corrected chi connectivity index (χ0v) is 26.4. The third kappa shape index (κ3) is 12.0. The molecule has 248 valence electrons. The second-order valence-corrected chi connectivity index (χ2v) is 12.3. The van der Waals surface area contributed by atoms with E-state index in [2.05, 4.69) is 16.0 Å². The fourth-order valence-corrected chi connectivity index (χ4v) is 6.06. The molecule has 2 aromatic rings. The number of alkyl carbamates (subject to hydrolysis) is 1. The fourth-order valence-electron chi connectivity index (χ4n) is 6.06. The van der Waals surface area contributed by atoms with Crippen molar-refractivity contribution in [3.05, 3.63) is 83.9 Å². The maximum Gasteiger partial charge on any atom is 0.408 e. The summed E-state index contributed by atoms with van der Waals surface area (Å²) in [5, 5.41) is 18.5. The van der Waals surface area contributed by atoms with Crippen LogP contribution in [0.5, 0.6) is 0 Å². The molecule has 4 rings (SSSR count). The van der Waals surface area contributed by atoms with Crippen molar-refractivity contribution in [1.82, 2.24) is 16.0 Å². The van der Waals surface area contributed by atoms with E-state index in [4.69, 9.17) is 9.47 Å².